The summed E-state index contributed by atoms with van der Waals surface area (Å²) in [4.78, 5) is 2.38. The van der Waals surface area contributed by atoms with Crippen LogP contribution in [-0.4, -0.2) is 50.3 Å². The highest BCUT2D eigenvalue weighted by atomic mass is 16.5. The summed E-state index contributed by atoms with van der Waals surface area (Å²) in [6.45, 7) is 1.88. The van der Waals surface area contributed by atoms with Gasteiger partial charge in [-0.25, -0.2) is 0 Å². The fraction of sp³-hybridized carbons (Fsp3) is 1.00. The van der Waals surface area contributed by atoms with E-state index in [-0.39, 0.29) is 0 Å². The summed E-state index contributed by atoms with van der Waals surface area (Å²) in [5.41, 5.74) is 0. The highest BCUT2D eigenvalue weighted by molar-refractivity contribution is 4.84. The molecule has 0 aromatic heterocycles. The molecule has 16 heavy (non-hydrogen) atoms. The standard InChI is InChI=1S/C13H26N2O/c1-15(2)13-7-3-5-11(9-13)14-12-6-4-8-16-10-12/h11-14H,3-10H2,1-2H3. The van der Waals surface area contributed by atoms with Gasteiger partial charge in [0.15, 0.2) is 0 Å². The van der Waals surface area contributed by atoms with E-state index < -0.39 is 0 Å². The lowest BCUT2D eigenvalue weighted by molar-refractivity contribution is 0.0612. The van der Waals surface area contributed by atoms with Crippen molar-refractivity contribution in [2.45, 2.75) is 56.7 Å². The molecule has 0 aromatic rings. The van der Waals surface area contributed by atoms with Crippen molar-refractivity contribution >= 4 is 0 Å². The maximum Gasteiger partial charge on any atom is 0.0619 e. The van der Waals surface area contributed by atoms with Crippen LogP contribution in [0.5, 0.6) is 0 Å². The van der Waals surface area contributed by atoms with Gasteiger partial charge in [-0.05, 0) is 46.2 Å². The average molecular weight is 226 g/mol. The summed E-state index contributed by atoms with van der Waals surface area (Å²) in [7, 11) is 4.41. The van der Waals surface area contributed by atoms with Gasteiger partial charge in [-0.3, -0.25) is 0 Å². The van der Waals surface area contributed by atoms with Crippen LogP contribution >= 0.6 is 0 Å². The van der Waals surface area contributed by atoms with Crippen molar-refractivity contribution < 1.29 is 4.74 Å². The molecule has 1 aliphatic heterocycles. The monoisotopic (exact) mass is 226 g/mol. The van der Waals surface area contributed by atoms with Gasteiger partial charge in [-0.2, -0.15) is 0 Å². The lowest BCUT2D eigenvalue weighted by atomic mass is 9.89. The van der Waals surface area contributed by atoms with Crippen molar-refractivity contribution in [3.05, 3.63) is 0 Å². The van der Waals surface area contributed by atoms with E-state index in [9.17, 15) is 0 Å². The van der Waals surface area contributed by atoms with E-state index >= 15 is 0 Å². The zero-order valence-corrected chi connectivity index (χ0v) is 10.7. The summed E-state index contributed by atoms with van der Waals surface area (Å²) >= 11 is 0. The molecule has 2 fully saturated rings. The smallest absolute Gasteiger partial charge is 0.0619 e. The molecule has 1 heterocycles. The predicted octanol–water partition coefficient (Wildman–Crippen LogP) is 1.63. The highest BCUT2D eigenvalue weighted by Gasteiger charge is 2.25. The lowest BCUT2D eigenvalue weighted by Crippen LogP contribution is -2.47. The minimum atomic E-state index is 0.611. The second-order valence-electron chi connectivity index (χ2n) is 5.56. The van der Waals surface area contributed by atoms with Crippen LogP contribution in [0, 0.1) is 0 Å². The molecule has 3 unspecified atom stereocenters. The first kappa shape index (κ1) is 12.3. The van der Waals surface area contributed by atoms with Gasteiger partial charge in [-0.1, -0.05) is 6.42 Å². The Hall–Kier alpha value is -0.120. The maximum atomic E-state index is 5.52. The Balaban J connectivity index is 1.75. The van der Waals surface area contributed by atoms with Crippen LogP contribution < -0.4 is 5.32 Å². The second-order valence-corrected chi connectivity index (χ2v) is 5.56. The molecule has 0 radical (unpaired) electrons. The van der Waals surface area contributed by atoms with Gasteiger partial charge in [0.25, 0.3) is 0 Å². The van der Waals surface area contributed by atoms with Gasteiger partial charge in [0, 0.05) is 24.7 Å². The molecule has 2 rings (SSSR count). The summed E-state index contributed by atoms with van der Waals surface area (Å²) < 4.78 is 5.52. The molecular weight excluding hydrogens is 200 g/mol. The first-order valence-electron chi connectivity index (χ1n) is 6.76. The van der Waals surface area contributed by atoms with Gasteiger partial charge in [0.1, 0.15) is 0 Å². The first-order valence-corrected chi connectivity index (χ1v) is 6.76. The van der Waals surface area contributed by atoms with E-state index in [0.717, 1.165) is 19.3 Å². The molecule has 0 bridgehead atoms. The van der Waals surface area contributed by atoms with E-state index in [4.69, 9.17) is 4.74 Å². The summed E-state index contributed by atoms with van der Waals surface area (Å²) in [6, 6.07) is 2.10. The average Bonchev–Trinajstić information content (AvgIpc) is 2.30. The quantitative estimate of drug-likeness (QED) is 0.791. The SMILES string of the molecule is CN(C)C1CCCC(NC2CCCOC2)C1. The van der Waals surface area contributed by atoms with Gasteiger partial charge >= 0.3 is 0 Å². The zero-order valence-electron chi connectivity index (χ0n) is 10.7. The molecule has 1 N–H and O–H groups in total. The lowest BCUT2D eigenvalue weighted by Gasteiger charge is -2.36. The Morgan fingerprint density at radius 1 is 1.06 bits per heavy atom. The Morgan fingerprint density at radius 3 is 2.56 bits per heavy atom. The first-order chi connectivity index (χ1) is 7.75. The minimum absolute atomic E-state index is 0.611. The largest absolute Gasteiger partial charge is 0.380 e. The van der Waals surface area contributed by atoms with Crippen molar-refractivity contribution in [1.29, 1.82) is 0 Å². The number of nitrogens with one attached hydrogen (secondary N) is 1. The molecular formula is C13H26N2O. The van der Waals surface area contributed by atoms with Crippen molar-refractivity contribution in [3.8, 4) is 0 Å². The molecule has 3 atom stereocenters. The molecule has 94 valence electrons. The van der Waals surface area contributed by atoms with E-state index in [1.807, 2.05) is 0 Å². The molecule has 1 saturated carbocycles. The highest BCUT2D eigenvalue weighted by Crippen LogP contribution is 2.22. The van der Waals surface area contributed by atoms with Crippen molar-refractivity contribution in [2.75, 3.05) is 27.3 Å². The zero-order chi connectivity index (χ0) is 11.4. The molecule has 0 spiro atoms. The Kier molecular flexibility index (Phi) is 4.62. The van der Waals surface area contributed by atoms with Gasteiger partial charge in [0.2, 0.25) is 0 Å². The molecule has 1 saturated heterocycles. The van der Waals surface area contributed by atoms with Crippen molar-refractivity contribution in [2.24, 2.45) is 0 Å². The summed E-state index contributed by atoms with van der Waals surface area (Å²) in [6.07, 6.45) is 7.91. The Morgan fingerprint density at radius 2 is 1.88 bits per heavy atom. The predicted molar refractivity (Wildman–Crippen MR) is 66.7 cm³/mol. The van der Waals surface area contributed by atoms with Gasteiger partial charge in [0.05, 0.1) is 6.61 Å². The minimum Gasteiger partial charge on any atom is -0.380 e. The molecule has 2 aliphatic rings. The summed E-state index contributed by atoms with van der Waals surface area (Å²) in [5, 5.41) is 3.79. The van der Waals surface area contributed by atoms with Crippen LogP contribution in [0.15, 0.2) is 0 Å². The number of hydrogen-bond acceptors (Lipinski definition) is 3. The van der Waals surface area contributed by atoms with E-state index in [1.54, 1.807) is 0 Å². The molecule has 3 heteroatoms. The normalized spacial score (nSPS) is 36.6. The molecule has 0 amide bonds. The number of rotatable bonds is 3. The fourth-order valence-corrected chi connectivity index (χ4v) is 2.99. The maximum absolute atomic E-state index is 5.52. The van der Waals surface area contributed by atoms with Crippen molar-refractivity contribution in [3.63, 3.8) is 0 Å². The summed E-state index contributed by atoms with van der Waals surface area (Å²) in [5.74, 6) is 0. The Bertz CT molecular complexity index is 202. The Labute approximate surface area is 99.5 Å². The van der Waals surface area contributed by atoms with Crippen molar-refractivity contribution in [1.82, 2.24) is 10.2 Å². The third kappa shape index (κ3) is 3.44. The molecule has 1 aliphatic carbocycles. The third-order valence-corrected chi connectivity index (χ3v) is 4.01. The number of hydrogen-bond donors (Lipinski definition) is 1. The van der Waals surface area contributed by atoms with E-state index in [2.05, 4.69) is 24.3 Å². The van der Waals surface area contributed by atoms with E-state index in [1.165, 1.54) is 38.5 Å². The fourth-order valence-electron chi connectivity index (χ4n) is 2.99. The third-order valence-electron chi connectivity index (χ3n) is 4.01. The molecule has 3 nitrogen and oxygen atoms in total. The van der Waals surface area contributed by atoms with Crippen LogP contribution in [0.1, 0.15) is 38.5 Å². The topological polar surface area (TPSA) is 24.5 Å². The van der Waals surface area contributed by atoms with E-state index in [0.29, 0.717) is 12.1 Å². The van der Waals surface area contributed by atoms with Crippen LogP contribution in [0.2, 0.25) is 0 Å². The second kappa shape index (κ2) is 5.99. The number of nitrogens with zero attached hydrogens (tertiary/aromatic N) is 1. The van der Waals surface area contributed by atoms with Crippen LogP contribution in [0.25, 0.3) is 0 Å². The van der Waals surface area contributed by atoms with Crippen LogP contribution in [0.4, 0.5) is 0 Å². The molecule has 0 aromatic carbocycles. The van der Waals surface area contributed by atoms with Crippen LogP contribution in [-0.2, 0) is 4.74 Å². The van der Waals surface area contributed by atoms with Gasteiger partial charge in [-0.15, -0.1) is 0 Å². The number of ether oxygens (including phenoxy) is 1. The van der Waals surface area contributed by atoms with Crippen LogP contribution in [0.3, 0.4) is 0 Å². The van der Waals surface area contributed by atoms with Gasteiger partial charge < -0.3 is 15.0 Å².